The van der Waals surface area contributed by atoms with E-state index in [-0.39, 0.29) is 11.4 Å². The van der Waals surface area contributed by atoms with Gasteiger partial charge in [0.15, 0.2) is 0 Å². The van der Waals surface area contributed by atoms with E-state index >= 15 is 0 Å². The number of aromatic nitrogens is 4. The van der Waals surface area contributed by atoms with E-state index in [1.165, 1.54) is 11.8 Å². The zero-order valence-electron chi connectivity index (χ0n) is 15.2. The van der Waals surface area contributed by atoms with E-state index in [0.717, 1.165) is 24.2 Å². The van der Waals surface area contributed by atoms with Gasteiger partial charge in [-0.1, -0.05) is 30.0 Å². The lowest BCUT2D eigenvalue weighted by Gasteiger charge is -2.20. The normalized spacial score (nSPS) is 11.5. The monoisotopic (exact) mass is 362 g/mol. The highest BCUT2D eigenvalue weighted by atomic mass is 32.2. The van der Waals surface area contributed by atoms with Gasteiger partial charge in [-0.25, -0.2) is 0 Å². The SMILES string of the molecule is Cc1ccccc1-n1nnnc1SCC(=O)NCCCNC(C)(C)C. The molecule has 0 spiro atoms. The first-order valence-corrected chi connectivity index (χ1v) is 9.34. The van der Waals surface area contributed by atoms with Crippen LogP contribution in [0.1, 0.15) is 32.8 Å². The summed E-state index contributed by atoms with van der Waals surface area (Å²) >= 11 is 1.33. The lowest BCUT2D eigenvalue weighted by Crippen LogP contribution is -2.38. The number of thioether (sulfide) groups is 1. The van der Waals surface area contributed by atoms with Crippen LogP contribution in [-0.2, 0) is 4.79 Å². The van der Waals surface area contributed by atoms with Crippen molar-refractivity contribution in [2.75, 3.05) is 18.8 Å². The number of hydrogen-bond acceptors (Lipinski definition) is 6. The highest BCUT2D eigenvalue weighted by molar-refractivity contribution is 7.99. The molecule has 2 rings (SSSR count). The highest BCUT2D eigenvalue weighted by Crippen LogP contribution is 2.20. The third-order valence-corrected chi connectivity index (χ3v) is 4.37. The zero-order valence-corrected chi connectivity index (χ0v) is 16.1. The zero-order chi connectivity index (χ0) is 18.3. The third-order valence-electron chi connectivity index (χ3n) is 3.45. The first kappa shape index (κ1) is 19.4. The Bertz CT molecular complexity index is 694. The van der Waals surface area contributed by atoms with E-state index < -0.39 is 0 Å². The minimum absolute atomic E-state index is 0.0138. The largest absolute Gasteiger partial charge is 0.355 e. The van der Waals surface area contributed by atoms with Crippen LogP contribution >= 0.6 is 11.8 Å². The summed E-state index contributed by atoms with van der Waals surface area (Å²) in [7, 11) is 0. The molecular weight excluding hydrogens is 336 g/mol. The van der Waals surface area contributed by atoms with Crippen molar-refractivity contribution in [3.05, 3.63) is 29.8 Å². The van der Waals surface area contributed by atoms with Gasteiger partial charge in [-0.3, -0.25) is 4.79 Å². The van der Waals surface area contributed by atoms with Gasteiger partial charge in [0.05, 0.1) is 11.4 Å². The van der Waals surface area contributed by atoms with Gasteiger partial charge in [0.25, 0.3) is 0 Å². The quantitative estimate of drug-likeness (QED) is 0.552. The Hall–Kier alpha value is -1.93. The van der Waals surface area contributed by atoms with E-state index in [1.54, 1.807) is 4.68 Å². The summed E-state index contributed by atoms with van der Waals surface area (Å²) in [6, 6.07) is 7.87. The maximum atomic E-state index is 12.0. The molecule has 0 radical (unpaired) electrons. The molecule has 2 N–H and O–H groups in total. The van der Waals surface area contributed by atoms with E-state index in [9.17, 15) is 4.79 Å². The maximum Gasteiger partial charge on any atom is 0.230 e. The number of aryl methyl sites for hydroxylation is 1. The fourth-order valence-corrected chi connectivity index (χ4v) is 2.90. The Balaban J connectivity index is 1.78. The van der Waals surface area contributed by atoms with Gasteiger partial charge in [0.2, 0.25) is 11.1 Å². The molecule has 0 saturated heterocycles. The number of nitrogens with zero attached hydrogens (tertiary/aromatic N) is 4. The van der Waals surface area contributed by atoms with Crippen LogP contribution in [0, 0.1) is 6.92 Å². The molecule has 0 saturated carbocycles. The molecule has 0 fully saturated rings. The van der Waals surface area contributed by atoms with Crippen LogP contribution in [0.5, 0.6) is 0 Å². The summed E-state index contributed by atoms with van der Waals surface area (Å²) in [5, 5.41) is 18.7. The molecule has 0 atom stereocenters. The van der Waals surface area contributed by atoms with Crippen molar-refractivity contribution in [3.63, 3.8) is 0 Å². The Morgan fingerprint density at radius 2 is 2.00 bits per heavy atom. The van der Waals surface area contributed by atoms with Crippen LogP contribution in [-0.4, -0.2) is 50.5 Å². The Morgan fingerprint density at radius 1 is 1.24 bits per heavy atom. The van der Waals surface area contributed by atoms with E-state index in [1.807, 2.05) is 31.2 Å². The first-order chi connectivity index (χ1) is 11.9. The Labute approximate surface area is 153 Å². The molecule has 0 bridgehead atoms. The first-order valence-electron chi connectivity index (χ1n) is 8.36. The molecule has 25 heavy (non-hydrogen) atoms. The molecular formula is C17H26N6OS. The van der Waals surface area contributed by atoms with E-state index in [4.69, 9.17) is 0 Å². The summed E-state index contributed by atoms with van der Waals surface area (Å²) in [6.45, 7) is 9.92. The molecule has 0 unspecified atom stereocenters. The summed E-state index contributed by atoms with van der Waals surface area (Å²) in [6.07, 6.45) is 0.897. The second kappa shape index (κ2) is 8.96. The predicted octanol–water partition coefficient (Wildman–Crippen LogP) is 1.96. The van der Waals surface area contributed by atoms with Gasteiger partial charge in [-0.05, 0) is 62.7 Å². The number of para-hydroxylation sites is 1. The molecule has 2 aromatic rings. The molecule has 0 aliphatic rings. The van der Waals surface area contributed by atoms with Gasteiger partial charge in [-0.2, -0.15) is 4.68 Å². The van der Waals surface area contributed by atoms with Gasteiger partial charge in [0.1, 0.15) is 0 Å². The average molecular weight is 363 g/mol. The number of amides is 1. The van der Waals surface area contributed by atoms with Crippen LogP contribution < -0.4 is 10.6 Å². The van der Waals surface area contributed by atoms with Gasteiger partial charge in [-0.15, -0.1) is 5.10 Å². The van der Waals surface area contributed by atoms with Crippen molar-refractivity contribution in [2.45, 2.75) is 44.8 Å². The van der Waals surface area contributed by atoms with Crippen molar-refractivity contribution >= 4 is 17.7 Å². The Morgan fingerprint density at radius 3 is 2.72 bits per heavy atom. The smallest absolute Gasteiger partial charge is 0.230 e. The summed E-state index contributed by atoms with van der Waals surface area (Å²) in [4.78, 5) is 12.0. The second-order valence-electron chi connectivity index (χ2n) is 6.83. The van der Waals surface area contributed by atoms with Crippen LogP contribution in [0.3, 0.4) is 0 Å². The molecule has 1 aromatic carbocycles. The van der Waals surface area contributed by atoms with Gasteiger partial charge < -0.3 is 10.6 Å². The average Bonchev–Trinajstić information content (AvgIpc) is 3.00. The van der Waals surface area contributed by atoms with Crippen molar-refractivity contribution in [2.24, 2.45) is 0 Å². The van der Waals surface area contributed by atoms with Crippen molar-refractivity contribution in [3.8, 4) is 5.69 Å². The fraction of sp³-hybridized carbons (Fsp3) is 0.529. The number of carbonyl (C=O) groups excluding carboxylic acids is 1. The molecule has 1 heterocycles. The molecule has 8 heteroatoms. The Kier molecular flexibility index (Phi) is 6.95. The number of rotatable bonds is 8. The minimum atomic E-state index is -0.0138. The molecule has 0 aliphatic carbocycles. The summed E-state index contributed by atoms with van der Waals surface area (Å²) in [5.74, 6) is 0.277. The number of benzene rings is 1. The van der Waals surface area contributed by atoms with Crippen LogP contribution in [0.2, 0.25) is 0 Å². The standard InChI is InChI=1S/C17H26N6OS/c1-13-8-5-6-9-14(13)23-16(20-21-22-23)25-12-15(24)18-10-7-11-19-17(2,3)4/h5-6,8-9,19H,7,10-12H2,1-4H3,(H,18,24). The predicted molar refractivity (Wildman–Crippen MR) is 100.0 cm³/mol. The third kappa shape index (κ3) is 6.47. The van der Waals surface area contributed by atoms with Crippen LogP contribution in [0.25, 0.3) is 5.69 Å². The minimum Gasteiger partial charge on any atom is -0.355 e. The van der Waals surface area contributed by atoms with Gasteiger partial charge >= 0.3 is 0 Å². The molecule has 136 valence electrons. The topological polar surface area (TPSA) is 84.7 Å². The van der Waals surface area contributed by atoms with Gasteiger partial charge in [0, 0.05) is 12.1 Å². The lowest BCUT2D eigenvalue weighted by molar-refractivity contribution is -0.118. The lowest BCUT2D eigenvalue weighted by atomic mass is 10.1. The fourth-order valence-electron chi connectivity index (χ4n) is 2.18. The van der Waals surface area contributed by atoms with E-state index in [0.29, 0.717) is 17.5 Å². The molecule has 1 aromatic heterocycles. The highest BCUT2D eigenvalue weighted by Gasteiger charge is 2.13. The van der Waals surface area contributed by atoms with Crippen molar-refractivity contribution in [1.82, 2.24) is 30.8 Å². The number of hydrogen-bond donors (Lipinski definition) is 2. The molecule has 0 aliphatic heterocycles. The van der Waals surface area contributed by atoms with Crippen LogP contribution in [0.15, 0.2) is 29.4 Å². The maximum absolute atomic E-state index is 12.0. The summed E-state index contributed by atoms with van der Waals surface area (Å²) in [5.41, 5.74) is 2.10. The molecule has 7 nitrogen and oxygen atoms in total. The number of tetrazole rings is 1. The van der Waals surface area contributed by atoms with Crippen molar-refractivity contribution in [1.29, 1.82) is 0 Å². The second-order valence-corrected chi connectivity index (χ2v) is 7.77. The number of nitrogens with one attached hydrogen (secondary N) is 2. The van der Waals surface area contributed by atoms with E-state index in [2.05, 4.69) is 46.9 Å². The number of carbonyl (C=O) groups is 1. The van der Waals surface area contributed by atoms with Crippen LogP contribution in [0.4, 0.5) is 0 Å². The summed E-state index contributed by atoms with van der Waals surface area (Å²) < 4.78 is 1.67. The van der Waals surface area contributed by atoms with Crippen molar-refractivity contribution < 1.29 is 4.79 Å². The molecule has 1 amide bonds.